The molecule has 3 nitrogen and oxygen atoms in total. The second-order valence-electron chi connectivity index (χ2n) is 2.21. The van der Waals surface area contributed by atoms with E-state index in [4.69, 9.17) is 0 Å². The molecule has 0 aliphatic heterocycles. The van der Waals surface area contributed by atoms with Gasteiger partial charge in [-0.2, -0.15) is 26.3 Å². The summed E-state index contributed by atoms with van der Waals surface area (Å²) in [6, 6.07) is 0. The van der Waals surface area contributed by atoms with Crippen LogP contribution in [-0.4, -0.2) is 25.6 Å². The van der Waals surface area contributed by atoms with Gasteiger partial charge in [0.05, 0.1) is 0 Å². The van der Waals surface area contributed by atoms with Crippen LogP contribution in [-0.2, 0) is 13.6 Å². The fourth-order valence-corrected chi connectivity index (χ4v) is 1.63. The topological polar surface area (TPSA) is 35.5 Å². The number of rotatable bonds is 4. The van der Waals surface area contributed by atoms with Crippen molar-refractivity contribution in [2.45, 2.75) is 12.4 Å². The van der Waals surface area contributed by atoms with Gasteiger partial charge >= 0.3 is 18.7 Å². The van der Waals surface area contributed by atoms with E-state index in [0.717, 1.165) is 0 Å². The molecule has 15 heavy (non-hydrogen) atoms. The quantitative estimate of drug-likeness (QED) is 0.585. The molecular formula is C4H4BrF6O3P. The molecule has 0 bridgehead atoms. The second-order valence-corrected chi connectivity index (χ2v) is 6.19. The van der Waals surface area contributed by atoms with Crippen LogP contribution in [0.25, 0.3) is 0 Å². The second kappa shape index (κ2) is 5.03. The maximum atomic E-state index is 11.5. The monoisotopic (exact) mass is 324 g/mol. The molecule has 0 spiro atoms. The lowest BCUT2D eigenvalue weighted by molar-refractivity contribution is -0.163. The van der Waals surface area contributed by atoms with E-state index >= 15 is 0 Å². The number of hydrogen-bond donors (Lipinski definition) is 0. The molecule has 0 unspecified atom stereocenters. The molecule has 0 aliphatic carbocycles. The Kier molecular flexibility index (Phi) is 5.10. The standard InChI is InChI=1S/C4H4BrF6O3P/c5-15(12,13-1-3(6,7)8)14-2-4(9,10)11/h1-2H2. The van der Waals surface area contributed by atoms with Gasteiger partial charge in [0, 0.05) is 15.5 Å². The zero-order valence-corrected chi connectivity index (χ0v) is 9.21. The van der Waals surface area contributed by atoms with E-state index in [9.17, 15) is 30.9 Å². The van der Waals surface area contributed by atoms with E-state index < -0.39 is 31.9 Å². The SMILES string of the molecule is O=P(Br)(OCC(F)(F)F)OCC(F)(F)F. The highest BCUT2D eigenvalue weighted by atomic mass is 79.9. The van der Waals surface area contributed by atoms with Crippen LogP contribution in [0.3, 0.4) is 0 Å². The molecule has 0 N–H and O–H groups in total. The Morgan fingerprint density at radius 2 is 1.20 bits per heavy atom. The van der Waals surface area contributed by atoms with E-state index in [0.29, 0.717) is 0 Å². The minimum Gasteiger partial charge on any atom is -0.291 e. The van der Waals surface area contributed by atoms with Gasteiger partial charge in [-0.15, -0.1) is 0 Å². The molecule has 0 atom stereocenters. The van der Waals surface area contributed by atoms with Gasteiger partial charge in [-0.3, -0.25) is 9.05 Å². The molecule has 0 rings (SSSR count). The lowest BCUT2D eigenvalue weighted by atomic mass is 10.7. The van der Waals surface area contributed by atoms with Crippen molar-refractivity contribution in [2.24, 2.45) is 0 Å². The van der Waals surface area contributed by atoms with Crippen molar-refractivity contribution in [1.29, 1.82) is 0 Å². The van der Waals surface area contributed by atoms with Crippen LogP contribution in [0.4, 0.5) is 26.3 Å². The fraction of sp³-hybridized carbons (Fsp3) is 1.00. The van der Waals surface area contributed by atoms with Crippen molar-refractivity contribution < 1.29 is 40.0 Å². The van der Waals surface area contributed by atoms with Crippen molar-refractivity contribution in [1.82, 2.24) is 0 Å². The van der Waals surface area contributed by atoms with E-state index in [2.05, 4.69) is 9.05 Å². The van der Waals surface area contributed by atoms with E-state index in [-0.39, 0.29) is 0 Å². The molecule has 92 valence electrons. The van der Waals surface area contributed by atoms with E-state index in [1.54, 1.807) is 0 Å². The number of alkyl halides is 6. The lowest BCUT2D eigenvalue weighted by Gasteiger charge is -2.14. The summed E-state index contributed by atoms with van der Waals surface area (Å²) in [6.07, 6.45) is -14.1. The molecule has 0 aromatic rings. The molecule has 0 saturated heterocycles. The fourth-order valence-electron chi connectivity index (χ4n) is 0.338. The minimum absolute atomic E-state index is 1.96. The van der Waals surface area contributed by atoms with E-state index in [1.165, 1.54) is 0 Å². The van der Waals surface area contributed by atoms with Crippen LogP contribution in [0, 0.1) is 0 Å². The summed E-state index contributed by atoms with van der Waals surface area (Å²) >= 11 is 2.00. The predicted molar refractivity (Wildman–Crippen MR) is 40.5 cm³/mol. The van der Waals surface area contributed by atoms with Gasteiger partial charge in [-0.05, 0) is 0 Å². The summed E-state index contributed by atoms with van der Waals surface area (Å²) in [6.45, 7) is -3.93. The maximum absolute atomic E-state index is 11.5. The van der Waals surface area contributed by atoms with E-state index in [1.807, 2.05) is 15.5 Å². The molecule has 0 aromatic carbocycles. The molecule has 0 radical (unpaired) electrons. The van der Waals surface area contributed by atoms with Gasteiger partial charge in [0.1, 0.15) is 0 Å². The van der Waals surface area contributed by atoms with Crippen LogP contribution < -0.4 is 0 Å². The summed E-state index contributed by atoms with van der Waals surface area (Å²) in [7, 11) is 0. The van der Waals surface area contributed by atoms with Crippen molar-refractivity contribution in [3.05, 3.63) is 0 Å². The molecule has 11 heteroatoms. The molecular weight excluding hydrogens is 321 g/mol. The van der Waals surface area contributed by atoms with Crippen molar-refractivity contribution in [2.75, 3.05) is 13.2 Å². The Bertz CT molecular complexity index is 228. The van der Waals surface area contributed by atoms with Gasteiger partial charge in [0.2, 0.25) is 0 Å². The van der Waals surface area contributed by atoms with Gasteiger partial charge in [0.25, 0.3) is 0 Å². The minimum atomic E-state index is -4.80. The maximum Gasteiger partial charge on any atom is 0.412 e. The summed E-state index contributed by atoms with van der Waals surface area (Å²) in [5.74, 6) is 0. The summed E-state index contributed by atoms with van der Waals surface area (Å²) in [5, 5.41) is 0. The average Bonchev–Trinajstić information content (AvgIpc) is 1.96. The Morgan fingerprint density at radius 1 is 0.933 bits per heavy atom. The lowest BCUT2D eigenvalue weighted by Crippen LogP contribution is -2.18. The summed E-state index contributed by atoms with van der Waals surface area (Å²) in [4.78, 5) is 0. The van der Waals surface area contributed by atoms with Crippen molar-refractivity contribution >= 4 is 21.8 Å². The third-order valence-electron chi connectivity index (χ3n) is 0.765. The highest BCUT2D eigenvalue weighted by molar-refractivity contribution is 9.39. The highest BCUT2D eigenvalue weighted by Gasteiger charge is 2.36. The predicted octanol–water partition coefficient (Wildman–Crippen LogP) is 3.65. The average molecular weight is 325 g/mol. The highest BCUT2D eigenvalue weighted by Crippen LogP contribution is 2.57. The summed E-state index contributed by atoms with van der Waals surface area (Å²) in [5.41, 5.74) is 0. The Morgan fingerprint density at radius 3 is 1.40 bits per heavy atom. The Labute approximate surface area is 88.0 Å². The first-order valence-corrected chi connectivity index (χ1v) is 6.70. The van der Waals surface area contributed by atoms with Gasteiger partial charge in [-0.25, -0.2) is 4.57 Å². The van der Waals surface area contributed by atoms with Crippen LogP contribution >= 0.6 is 21.8 Å². The number of hydrogen-bond acceptors (Lipinski definition) is 3. The van der Waals surface area contributed by atoms with Crippen LogP contribution in [0.15, 0.2) is 0 Å². The van der Waals surface area contributed by atoms with Crippen LogP contribution in [0.2, 0.25) is 0 Å². The van der Waals surface area contributed by atoms with Crippen LogP contribution in [0.5, 0.6) is 0 Å². The molecule has 0 amide bonds. The smallest absolute Gasteiger partial charge is 0.291 e. The number of halogens is 7. The largest absolute Gasteiger partial charge is 0.412 e. The van der Waals surface area contributed by atoms with Gasteiger partial charge < -0.3 is 0 Å². The summed E-state index contributed by atoms with van der Waals surface area (Å²) < 4.78 is 87.1. The first kappa shape index (κ1) is 15.2. The normalized spacial score (nSPS) is 14.3. The first-order chi connectivity index (χ1) is 6.41. The molecule has 0 aliphatic rings. The molecule has 0 aromatic heterocycles. The van der Waals surface area contributed by atoms with Crippen molar-refractivity contribution in [3.63, 3.8) is 0 Å². The molecule has 0 fully saturated rings. The third kappa shape index (κ3) is 10.5. The zero-order chi connectivity index (χ0) is 12.3. The first-order valence-electron chi connectivity index (χ1n) is 3.14. The van der Waals surface area contributed by atoms with Gasteiger partial charge in [0.15, 0.2) is 13.2 Å². The van der Waals surface area contributed by atoms with Gasteiger partial charge in [-0.1, -0.05) is 0 Å². The molecule has 0 heterocycles. The Hall–Kier alpha value is 0.210. The van der Waals surface area contributed by atoms with Crippen LogP contribution in [0.1, 0.15) is 0 Å². The zero-order valence-electron chi connectivity index (χ0n) is 6.73. The Balaban J connectivity index is 4.04. The van der Waals surface area contributed by atoms with Crippen molar-refractivity contribution in [3.8, 4) is 0 Å². The third-order valence-corrected chi connectivity index (χ3v) is 2.87. The molecule has 0 saturated carbocycles.